The first-order valence-corrected chi connectivity index (χ1v) is 10.7. The van der Waals surface area contributed by atoms with E-state index in [4.69, 9.17) is 4.52 Å². The lowest BCUT2D eigenvalue weighted by atomic mass is 10.0. The second-order valence-corrected chi connectivity index (χ2v) is 7.81. The Morgan fingerprint density at radius 1 is 1.03 bits per heavy atom. The molecule has 0 radical (unpaired) electrons. The zero-order valence-electron chi connectivity index (χ0n) is 17.9. The maximum atomic E-state index is 12.7. The van der Waals surface area contributed by atoms with E-state index in [1.165, 1.54) is 10.8 Å². The van der Waals surface area contributed by atoms with Gasteiger partial charge < -0.3 is 19.6 Å². The van der Waals surface area contributed by atoms with Gasteiger partial charge in [0.05, 0.1) is 0 Å². The van der Waals surface area contributed by atoms with Crippen LogP contribution in [0.5, 0.6) is 0 Å². The molecule has 1 aliphatic heterocycles. The predicted octanol–water partition coefficient (Wildman–Crippen LogP) is 3.63. The van der Waals surface area contributed by atoms with Crippen molar-refractivity contribution in [2.24, 2.45) is 0 Å². The highest BCUT2D eigenvalue weighted by Crippen LogP contribution is 2.20. The van der Waals surface area contributed by atoms with Gasteiger partial charge in [0, 0.05) is 51.4 Å². The number of amides is 2. The lowest BCUT2D eigenvalue weighted by molar-refractivity contribution is 0.194. The van der Waals surface area contributed by atoms with Gasteiger partial charge in [0.1, 0.15) is 5.82 Å². The van der Waals surface area contributed by atoms with Crippen molar-refractivity contribution in [2.75, 3.05) is 31.1 Å². The van der Waals surface area contributed by atoms with Crippen molar-refractivity contribution in [3.8, 4) is 11.4 Å². The molecule has 0 aliphatic carbocycles. The first-order chi connectivity index (χ1) is 15.7. The summed E-state index contributed by atoms with van der Waals surface area (Å²) < 4.78 is 5.03. The predicted molar refractivity (Wildman–Crippen MR) is 122 cm³/mol. The minimum absolute atomic E-state index is 0.0339. The van der Waals surface area contributed by atoms with Crippen molar-refractivity contribution in [1.29, 1.82) is 0 Å². The van der Waals surface area contributed by atoms with Gasteiger partial charge in [0.25, 0.3) is 0 Å². The molecule has 1 saturated heterocycles. The van der Waals surface area contributed by atoms with Gasteiger partial charge in [0.15, 0.2) is 0 Å². The first-order valence-electron chi connectivity index (χ1n) is 10.7. The smallest absolute Gasteiger partial charge is 0.317 e. The molecule has 8 heteroatoms. The summed E-state index contributed by atoms with van der Waals surface area (Å²) in [4.78, 5) is 25.5. The molecule has 2 amide bonds. The molecule has 0 bridgehead atoms. The Kier molecular flexibility index (Phi) is 5.41. The third-order valence-corrected chi connectivity index (χ3v) is 5.73. The van der Waals surface area contributed by atoms with Crippen LogP contribution in [0.25, 0.3) is 22.2 Å². The summed E-state index contributed by atoms with van der Waals surface area (Å²) in [5.74, 6) is 1.94. The molecule has 32 heavy (non-hydrogen) atoms. The molecular formula is C24H24N6O2. The van der Waals surface area contributed by atoms with E-state index in [1.54, 1.807) is 13.1 Å². The number of nitrogens with zero attached hydrogens (tertiary/aromatic N) is 5. The summed E-state index contributed by atoms with van der Waals surface area (Å²) >= 11 is 0. The Hall–Kier alpha value is -3.94. The molecule has 0 saturated carbocycles. The monoisotopic (exact) mass is 428 g/mol. The number of anilines is 1. The van der Waals surface area contributed by atoms with Crippen molar-refractivity contribution >= 4 is 22.6 Å². The summed E-state index contributed by atoms with van der Waals surface area (Å²) in [6.07, 6.45) is 1.75. The molecule has 1 N–H and O–H groups in total. The SMILES string of the molecule is Cc1nc(-c2ccc(N3CCN(C(=O)NCc4cccc5ccccc45)CC3)nc2)no1. The Morgan fingerprint density at radius 3 is 2.59 bits per heavy atom. The molecule has 5 rings (SSSR count). The summed E-state index contributed by atoms with van der Waals surface area (Å²) in [5.41, 5.74) is 1.94. The lowest BCUT2D eigenvalue weighted by Gasteiger charge is -2.35. The first kappa shape index (κ1) is 20.0. The molecule has 0 spiro atoms. The minimum Gasteiger partial charge on any atom is -0.353 e. The van der Waals surface area contributed by atoms with E-state index in [-0.39, 0.29) is 6.03 Å². The molecule has 0 unspecified atom stereocenters. The summed E-state index contributed by atoms with van der Waals surface area (Å²) in [6.45, 7) is 5.03. The van der Waals surface area contributed by atoms with Crippen LogP contribution in [0.3, 0.4) is 0 Å². The average Bonchev–Trinajstić information content (AvgIpc) is 3.29. The molecule has 4 aromatic rings. The summed E-state index contributed by atoms with van der Waals surface area (Å²) in [5, 5.41) is 9.35. The van der Waals surface area contributed by atoms with Gasteiger partial charge in [-0.25, -0.2) is 9.78 Å². The van der Waals surface area contributed by atoms with E-state index in [9.17, 15) is 4.79 Å². The third kappa shape index (κ3) is 4.12. The van der Waals surface area contributed by atoms with Gasteiger partial charge >= 0.3 is 6.03 Å². The van der Waals surface area contributed by atoms with Gasteiger partial charge in [0.2, 0.25) is 11.7 Å². The number of carbonyl (C=O) groups excluding carboxylic acids is 1. The van der Waals surface area contributed by atoms with Crippen LogP contribution in [0, 0.1) is 6.92 Å². The number of hydrogen-bond acceptors (Lipinski definition) is 6. The zero-order chi connectivity index (χ0) is 21.9. The average molecular weight is 428 g/mol. The highest BCUT2D eigenvalue weighted by atomic mass is 16.5. The van der Waals surface area contributed by atoms with E-state index in [0.29, 0.717) is 31.3 Å². The quantitative estimate of drug-likeness (QED) is 0.534. The van der Waals surface area contributed by atoms with Gasteiger partial charge in [-0.15, -0.1) is 0 Å². The number of carbonyl (C=O) groups is 1. The fraction of sp³-hybridized carbons (Fsp3) is 0.250. The number of piperazine rings is 1. The van der Waals surface area contributed by atoms with Crippen LogP contribution in [0.15, 0.2) is 65.3 Å². The summed E-state index contributed by atoms with van der Waals surface area (Å²) in [6, 6.07) is 18.3. The number of nitrogens with one attached hydrogen (secondary N) is 1. The molecule has 8 nitrogen and oxygen atoms in total. The van der Waals surface area contributed by atoms with Gasteiger partial charge in [-0.3, -0.25) is 0 Å². The molecule has 0 atom stereocenters. The van der Waals surface area contributed by atoms with E-state index >= 15 is 0 Å². The van der Waals surface area contributed by atoms with Gasteiger partial charge in [-0.2, -0.15) is 4.98 Å². The molecule has 2 aromatic carbocycles. The zero-order valence-corrected chi connectivity index (χ0v) is 17.9. The van der Waals surface area contributed by atoms with Crippen molar-refractivity contribution < 1.29 is 9.32 Å². The second-order valence-electron chi connectivity index (χ2n) is 7.81. The number of urea groups is 1. The van der Waals surface area contributed by atoms with Crippen molar-refractivity contribution in [3.05, 3.63) is 72.2 Å². The molecular weight excluding hydrogens is 404 g/mol. The Morgan fingerprint density at radius 2 is 1.84 bits per heavy atom. The normalized spacial score (nSPS) is 14.0. The van der Waals surface area contributed by atoms with Crippen LogP contribution in [-0.4, -0.2) is 52.2 Å². The molecule has 162 valence electrons. The van der Waals surface area contributed by atoms with Crippen LogP contribution in [0.4, 0.5) is 10.6 Å². The standard InChI is InChI=1S/C24H24N6O2/c1-17-27-23(28-32-17)20-9-10-22(25-16-20)29-11-13-30(14-12-29)24(31)26-15-19-7-4-6-18-5-2-3-8-21(18)19/h2-10,16H,11-15H2,1H3,(H,26,31). The van der Waals surface area contributed by atoms with Crippen molar-refractivity contribution in [1.82, 2.24) is 25.3 Å². The van der Waals surface area contributed by atoms with Gasteiger partial charge in [-0.1, -0.05) is 47.6 Å². The number of benzene rings is 2. The molecule has 1 aliphatic rings. The fourth-order valence-corrected chi connectivity index (χ4v) is 3.99. The Balaban J connectivity index is 1.16. The topological polar surface area (TPSA) is 87.4 Å². The molecule has 1 fully saturated rings. The van der Waals surface area contributed by atoms with Crippen molar-refractivity contribution in [2.45, 2.75) is 13.5 Å². The van der Waals surface area contributed by atoms with E-state index in [1.807, 2.05) is 35.2 Å². The van der Waals surface area contributed by atoms with Crippen LogP contribution in [0.1, 0.15) is 11.5 Å². The number of fused-ring (bicyclic) bond motifs is 1. The van der Waals surface area contributed by atoms with E-state index < -0.39 is 0 Å². The van der Waals surface area contributed by atoms with Crippen LogP contribution in [0.2, 0.25) is 0 Å². The lowest BCUT2D eigenvalue weighted by Crippen LogP contribution is -2.51. The number of aromatic nitrogens is 3. The van der Waals surface area contributed by atoms with Crippen LogP contribution in [-0.2, 0) is 6.54 Å². The number of pyridine rings is 1. The maximum Gasteiger partial charge on any atom is 0.317 e. The Bertz CT molecular complexity index is 1220. The summed E-state index contributed by atoms with van der Waals surface area (Å²) in [7, 11) is 0. The Labute approximate surface area is 185 Å². The molecule has 2 aromatic heterocycles. The largest absolute Gasteiger partial charge is 0.353 e. The third-order valence-electron chi connectivity index (χ3n) is 5.73. The van der Waals surface area contributed by atoms with Crippen molar-refractivity contribution in [3.63, 3.8) is 0 Å². The minimum atomic E-state index is -0.0339. The highest BCUT2D eigenvalue weighted by Gasteiger charge is 2.22. The maximum absolute atomic E-state index is 12.7. The second kappa shape index (κ2) is 8.66. The van der Waals surface area contributed by atoms with E-state index in [0.717, 1.165) is 30.0 Å². The van der Waals surface area contributed by atoms with E-state index in [2.05, 4.69) is 49.6 Å². The highest BCUT2D eigenvalue weighted by molar-refractivity contribution is 5.86. The van der Waals surface area contributed by atoms with Gasteiger partial charge in [-0.05, 0) is 28.5 Å². The van der Waals surface area contributed by atoms with Crippen LogP contribution < -0.4 is 10.2 Å². The van der Waals surface area contributed by atoms with Crippen LogP contribution >= 0.6 is 0 Å². The molecule has 3 heterocycles. The number of aryl methyl sites for hydroxylation is 1. The number of rotatable bonds is 4. The fourth-order valence-electron chi connectivity index (χ4n) is 3.99. The number of hydrogen-bond donors (Lipinski definition) is 1.